The number of aryl methyl sites for hydroxylation is 1. The van der Waals surface area contributed by atoms with Gasteiger partial charge in [0.15, 0.2) is 5.78 Å². The lowest BCUT2D eigenvalue weighted by molar-refractivity contribution is 0.0988. The van der Waals surface area contributed by atoms with Crippen molar-refractivity contribution in [2.75, 3.05) is 0 Å². The maximum Gasteiger partial charge on any atom is 0.240 e. The van der Waals surface area contributed by atoms with Gasteiger partial charge in [0.2, 0.25) is 10.0 Å². The summed E-state index contributed by atoms with van der Waals surface area (Å²) in [5.41, 5.74) is 0.423. The van der Waals surface area contributed by atoms with E-state index in [1.54, 1.807) is 30.4 Å². The Morgan fingerprint density at radius 3 is 2.62 bits per heavy atom. The van der Waals surface area contributed by atoms with Crippen LogP contribution < -0.4 is 4.72 Å². The van der Waals surface area contributed by atoms with Crippen molar-refractivity contribution >= 4 is 27.1 Å². The molecule has 6 heteroatoms. The van der Waals surface area contributed by atoms with Gasteiger partial charge in [-0.1, -0.05) is 19.1 Å². The molecule has 0 aliphatic heterocycles. The monoisotopic (exact) mass is 323 g/mol. The number of thiophene rings is 1. The number of Topliss-reactive ketones (excluding diaryl/α,β-unsaturated/α-hetero) is 1. The Hall–Kier alpha value is -1.50. The van der Waals surface area contributed by atoms with Crippen LogP contribution >= 0.6 is 11.3 Å². The number of ketones is 1. The first-order valence-electron chi connectivity index (χ1n) is 6.60. The van der Waals surface area contributed by atoms with E-state index in [-0.39, 0.29) is 17.2 Å². The molecule has 0 bridgehead atoms. The molecule has 1 N–H and O–H groups in total. The standard InChI is InChI=1S/C15H17NO3S2/c1-3-15(17)12-5-4-6-14(9-12)21(18,19)16-10-13-8-7-11(2)20-13/h4-9,16H,3,10H2,1-2H3. The van der Waals surface area contributed by atoms with E-state index in [4.69, 9.17) is 0 Å². The molecule has 112 valence electrons. The van der Waals surface area contributed by atoms with Gasteiger partial charge in [-0.05, 0) is 31.2 Å². The van der Waals surface area contributed by atoms with Gasteiger partial charge in [-0.25, -0.2) is 13.1 Å². The van der Waals surface area contributed by atoms with Crippen LogP contribution in [0, 0.1) is 6.92 Å². The lowest BCUT2D eigenvalue weighted by Gasteiger charge is -2.07. The minimum absolute atomic E-state index is 0.0686. The number of hydrogen-bond donors (Lipinski definition) is 1. The predicted molar refractivity (Wildman–Crippen MR) is 84.1 cm³/mol. The van der Waals surface area contributed by atoms with Gasteiger partial charge in [-0.15, -0.1) is 11.3 Å². The van der Waals surface area contributed by atoms with Gasteiger partial charge in [0.25, 0.3) is 0 Å². The fourth-order valence-electron chi connectivity index (χ4n) is 1.87. The van der Waals surface area contributed by atoms with Gasteiger partial charge >= 0.3 is 0 Å². The Balaban J connectivity index is 2.17. The first-order valence-corrected chi connectivity index (χ1v) is 8.90. The Bertz CT molecular complexity index is 748. The van der Waals surface area contributed by atoms with Gasteiger partial charge in [0, 0.05) is 28.3 Å². The zero-order valence-electron chi connectivity index (χ0n) is 11.9. The highest BCUT2D eigenvalue weighted by Crippen LogP contribution is 2.17. The van der Waals surface area contributed by atoms with Crippen molar-refractivity contribution in [2.45, 2.75) is 31.7 Å². The Kier molecular flexibility index (Phi) is 4.92. The molecule has 0 saturated carbocycles. The van der Waals surface area contributed by atoms with E-state index < -0.39 is 10.0 Å². The molecule has 0 saturated heterocycles. The summed E-state index contributed by atoms with van der Waals surface area (Å²) in [5, 5.41) is 0. The zero-order chi connectivity index (χ0) is 15.5. The van der Waals surface area contributed by atoms with Crippen molar-refractivity contribution in [3.05, 3.63) is 51.7 Å². The molecular weight excluding hydrogens is 306 g/mol. The van der Waals surface area contributed by atoms with Crippen LogP contribution in [0.15, 0.2) is 41.3 Å². The third kappa shape index (κ3) is 4.00. The summed E-state index contributed by atoms with van der Waals surface area (Å²) in [6.45, 7) is 3.98. The molecule has 1 aromatic carbocycles. The summed E-state index contributed by atoms with van der Waals surface area (Å²) in [7, 11) is -3.61. The van der Waals surface area contributed by atoms with Crippen LogP contribution in [0.25, 0.3) is 0 Å². The minimum Gasteiger partial charge on any atom is -0.294 e. The van der Waals surface area contributed by atoms with Crippen molar-refractivity contribution in [1.29, 1.82) is 0 Å². The molecule has 2 aromatic rings. The maximum atomic E-state index is 12.3. The molecule has 0 aliphatic carbocycles. The van der Waals surface area contributed by atoms with Crippen LogP contribution in [0.3, 0.4) is 0 Å². The highest BCUT2D eigenvalue weighted by Gasteiger charge is 2.15. The number of sulfonamides is 1. The van der Waals surface area contributed by atoms with Crippen LogP contribution in [-0.2, 0) is 16.6 Å². The highest BCUT2D eigenvalue weighted by molar-refractivity contribution is 7.89. The van der Waals surface area contributed by atoms with E-state index >= 15 is 0 Å². The summed E-state index contributed by atoms with van der Waals surface area (Å²) in [5.74, 6) is -0.0686. The van der Waals surface area contributed by atoms with Crippen molar-refractivity contribution in [1.82, 2.24) is 4.72 Å². The molecule has 2 rings (SSSR count). The summed E-state index contributed by atoms with van der Waals surface area (Å²) >= 11 is 1.55. The Morgan fingerprint density at radius 2 is 2.00 bits per heavy atom. The van der Waals surface area contributed by atoms with Crippen LogP contribution in [0.5, 0.6) is 0 Å². The summed E-state index contributed by atoms with van der Waals surface area (Å²) in [6, 6.07) is 10.00. The topological polar surface area (TPSA) is 63.2 Å². The molecule has 21 heavy (non-hydrogen) atoms. The largest absolute Gasteiger partial charge is 0.294 e. The van der Waals surface area contributed by atoms with E-state index in [1.807, 2.05) is 19.1 Å². The molecule has 1 aromatic heterocycles. The number of benzene rings is 1. The van der Waals surface area contributed by atoms with E-state index in [0.29, 0.717) is 12.0 Å². The van der Waals surface area contributed by atoms with Gasteiger partial charge < -0.3 is 0 Å². The summed E-state index contributed by atoms with van der Waals surface area (Å²) < 4.78 is 27.1. The van der Waals surface area contributed by atoms with E-state index in [9.17, 15) is 13.2 Å². The molecule has 0 fully saturated rings. The van der Waals surface area contributed by atoms with Gasteiger partial charge in [0.1, 0.15) is 0 Å². The van der Waals surface area contributed by atoms with E-state index in [2.05, 4.69) is 4.72 Å². The number of rotatable bonds is 6. The predicted octanol–water partition coefficient (Wildman–Crippen LogP) is 3.13. The number of carbonyl (C=O) groups is 1. The van der Waals surface area contributed by atoms with Crippen LogP contribution in [0.2, 0.25) is 0 Å². The first-order chi connectivity index (χ1) is 9.92. The lowest BCUT2D eigenvalue weighted by Crippen LogP contribution is -2.23. The van der Waals surface area contributed by atoms with Crippen molar-refractivity contribution in [2.24, 2.45) is 0 Å². The minimum atomic E-state index is -3.61. The lowest BCUT2D eigenvalue weighted by atomic mass is 10.1. The third-order valence-electron chi connectivity index (χ3n) is 3.02. The first kappa shape index (κ1) is 15.9. The second-order valence-electron chi connectivity index (χ2n) is 4.64. The van der Waals surface area contributed by atoms with E-state index in [0.717, 1.165) is 9.75 Å². The Morgan fingerprint density at radius 1 is 1.24 bits per heavy atom. The molecule has 0 atom stereocenters. The number of nitrogens with one attached hydrogen (secondary N) is 1. The summed E-state index contributed by atoms with van der Waals surface area (Å²) in [6.07, 6.45) is 0.353. The zero-order valence-corrected chi connectivity index (χ0v) is 13.6. The normalized spacial score (nSPS) is 11.5. The average molecular weight is 323 g/mol. The second-order valence-corrected chi connectivity index (χ2v) is 7.78. The number of carbonyl (C=O) groups excluding carboxylic acids is 1. The highest BCUT2D eigenvalue weighted by atomic mass is 32.2. The van der Waals surface area contributed by atoms with Gasteiger partial charge in [-0.2, -0.15) is 0 Å². The van der Waals surface area contributed by atoms with Crippen molar-refractivity contribution in [3.8, 4) is 0 Å². The molecule has 0 aliphatic rings. The summed E-state index contributed by atoms with van der Waals surface area (Å²) in [4.78, 5) is 13.9. The maximum absolute atomic E-state index is 12.3. The molecule has 1 heterocycles. The third-order valence-corrected chi connectivity index (χ3v) is 5.42. The molecule has 4 nitrogen and oxygen atoms in total. The SMILES string of the molecule is CCC(=O)c1cccc(S(=O)(=O)NCc2ccc(C)s2)c1. The number of hydrogen-bond acceptors (Lipinski definition) is 4. The van der Waals surface area contributed by atoms with Crippen LogP contribution in [-0.4, -0.2) is 14.2 Å². The fourth-order valence-corrected chi connectivity index (χ4v) is 3.84. The smallest absolute Gasteiger partial charge is 0.240 e. The van der Waals surface area contributed by atoms with Crippen molar-refractivity contribution < 1.29 is 13.2 Å². The molecule has 0 unspecified atom stereocenters. The molecule has 0 spiro atoms. The quantitative estimate of drug-likeness (QED) is 0.831. The van der Waals surface area contributed by atoms with E-state index in [1.165, 1.54) is 12.1 Å². The van der Waals surface area contributed by atoms with Gasteiger partial charge in [-0.3, -0.25) is 4.79 Å². The molecule has 0 radical (unpaired) electrons. The van der Waals surface area contributed by atoms with Gasteiger partial charge in [0.05, 0.1) is 4.90 Å². The van der Waals surface area contributed by atoms with Crippen LogP contribution in [0.4, 0.5) is 0 Å². The molecular formula is C15H17NO3S2. The van der Waals surface area contributed by atoms with Crippen molar-refractivity contribution in [3.63, 3.8) is 0 Å². The van der Waals surface area contributed by atoms with Crippen LogP contribution in [0.1, 0.15) is 33.5 Å². The Labute approximate surface area is 128 Å². The fraction of sp³-hybridized carbons (Fsp3) is 0.267. The average Bonchev–Trinajstić information content (AvgIpc) is 2.90. The molecule has 0 amide bonds. The second kappa shape index (κ2) is 6.51.